The molecule has 1 rings (SSSR count). The predicted molar refractivity (Wildman–Crippen MR) is 74.1 cm³/mol. The fourth-order valence-corrected chi connectivity index (χ4v) is 2.59. The lowest BCUT2D eigenvalue weighted by molar-refractivity contribution is 0.167. The van der Waals surface area contributed by atoms with Crippen molar-refractivity contribution in [3.63, 3.8) is 0 Å². The van der Waals surface area contributed by atoms with Gasteiger partial charge in [-0.15, -0.1) is 0 Å². The summed E-state index contributed by atoms with van der Waals surface area (Å²) in [4.78, 5) is 0. The summed E-state index contributed by atoms with van der Waals surface area (Å²) in [7, 11) is 3.00. The molecule has 0 aromatic heterocycles. The standard InChI is InChI=1S/C12H20O2P2/c1-10-2-4-11(5-3-10)6-7-12(8-9-13)14-16-15/h2-5,12-13,16H,6-9,15H2,1H3. The zero-order valence-electron chi connectivity index (χ0n) is 9.65. The van der Waals surface area contributed by atoms with Crippen LogP contribution in [0, 0.1) is 6.92 Å². The van der Waals surface area contributed by atoms with Crippen LogP contribution >= 0.6 is 17.4 Å². The Labute approximate surface area is 102 Å². The van der Waals surface area contributed by atoms with E-state index in [1.54, 1.807) is 0 Å². The first-order valence-electron chi connectivity index (χ1n) is 5.54. The van der Waals surface area contributed by atoms with E-state index in [-0.39, 0.29) is 12.7 Å². The molecule has 1 aromatic rings. The maximum absolute atomic E-state index is 8.91. The van der Waals surface area contributed by atoms with Crippen molar-refractivity contribution in [1.82, 2.24) is 0 Å². The Morgan fingerprint density at radius 3 is 2.56 bits per heavy atom. The molecular weight excluding hydrogens is 238 g/mol. The number of aliphatic hydroxyl groups is 1. The first kappa shape index (κ1) is 14.1. The van der Waals surface area contributed by atoms with Gasteiger partial charge in [-0.05, 0) is 31.7 Å². The molecule has 3 atom stereocenters. The van der Waals surface area contributed by atoms with Gasteiger partial charge in [-0.1, -0.05) is 38.8 Å². The second kappa shape index (κ2) is 8.14. The maximum atomic E-state index is 8.91. The van der Waals surface area contributed by atoms with Crippen LogP contribution in [0.3, 0.4) is 0 Å². The van der Waals surface area contributed by atoms with Gasteiger partial charge in [0.25, 0.3) is 0 Å². The van der Waals surface area contributed by atoms with Crippen molar-refractivity contribution in [2.24, 2.45) is 0 Å². The van der Waals surface area contributed by atoms with Crippen molar-refractivity contribution in [2.75, 3.05) is 6.61 Å². The number of hydrogen-bond acceptors (Lipinski definition) is 2. The molecule has 90 valence electrons. The normalized spacial score (nSPS) is 13.4. The third-order valence-corrected chi connectivity index (χ3v) is 3.44. The molecule has 2 nitrogen and oxygen atoms in total. The van der Waals surface area contributed by atoms with E-state index in [1.165, 1.54) is 11.1 Å². The van der Waals surface area contributed by atoms with Crippen LogP contribution < -0.4 is 0 Å². The molecule has 0 radical (unpaired) electrons. The number of hydrogen-bond donors (Lipinski definition) is 1. The Morgan fingerprint density at radius 1 is 1.31 bits per heavy atom. The highest BCUT2D eigenvalue weighted by molar-refractivity contribution is 8.00. The number of benzene rings is 1. The summed E-state index contributed by atoms with van der Waals surface area (Å²) in [5.74, 6) is 0. The molecule has 0 saturated carbocycles. The van der Waals surface area contributed by atoms with Gasteiger partial charge in [0, 0.05) is 15.1 Å². The Hall–Kier alpha value is -0.000000000000000111. The van der Waals surface area contributed by atoms with E-state index in [0.717, 1.165) is 19.3 Å². The van der Waals surface area contributed by atoms with Gasteiger partial charge >= 0.3 is 0 Å². The lowest BCUT2D eigenvalue weighted by atomic mass is 10.0. The van der Waals surface area contributed by atoms with E-state index in [9.17, 15) is 0 Å². The average Bonchev–Trinajstić information content (AvgIpc) is 2.29. The number of aliphatic hydroxyl groups excluding tert-OH is 1. The Bertz CT molecular complexity index is 282. The highest BCUT2D eigenvalue weighted by Gasteiger charge is 2.07. The Kier molecular flexibility index (Phi) is 7.16. The van der Waals surface area contributed by atoms with Crippen molar-refractivity contribution in [3.05, 3.63) is 35.4 Å². The van der Waals surface area contributed by atoms with E-state index in [4.69, 9.17) is 9.63 Å². The van der Waals surface area contributed by atoms with Crippen molar-refractivity contribution >= 4 is 17.4 Å². The highest BCUT2D eigenvalue weighted by Crippen LogP contribution is 2.26. The van der Waals surface area contributed by atoms with Crippen molar-refractivity contribution in [3.8, 4) is 0 Å². The van der Waals surface area contributed by atoms with Crippen LogP contribution in [0.25, 0.3) is 0 Å². The highest BCUT2D eigenvalue weighted by atomic mass is 32.0. The van der Waals surface area contributed by atoms with Gasteiger partial charge < -0.3 is 9.63 Å². The summed E-state index contributed by atoms with van der Waals surface area (Å²) < 4.78 is 5.56. The quantitative estimate of drug-likeness (QED) is 0.761. The minimum atomic E-state index is 0.183. The molecule has 0 heterocycles. The van der Waals surface area contributed by atoms with Crippen LogP contribution in [-0.4, -0.2) is 17.8 Å². The molecule has 0 aliphatic heterocycles. The van der Waals surface area contributed by atoms with E-state index in [1.807, 2.05) is 0 Å². The summed E-state index contributed by atoms with van der Waals surface area (Å²) in [6.07, 6.45) is 2.90. The summed E-state index contributed by atoms with van der Waals surface area (Å²) in [6, 6.07) is 8.59. The fraction of sp³-hybridized carbons (Fsp3) is 0.500. The van der Waals surface area contributed by atoms with Crippen LogP contribution in [0.15, 0.2) is 24.3 Å². The van der Waals surface area contributed by atoms with Gasteiger partial charge in [-0.2, -0.15) is 0 Å². The zero-order valence-corrected chi connectivity index (χ0v) is 11.8. The molecule has 0 aliphatic carbocycles. The molecule has 3 unspecified atom stereocenters. The molecule has 0 amide bonds. The molecule has 0 spiro atoms. The molecule has 1 aromatic carbocycles. The van der Waals surface area contributed by atoms with Crippen LogP contribution in [-0.2, 0) is 10.9 Å². The lowest BCUT2D eigenvalue weighted by Gasteiger charge is -2.15. The van der Waals surface area contributed by atoms with E-state index < -0.39 is 0 Å². The number of aryl methyl sites for hydroxylation is 2. The van der Waals surface area contributed by atoms with Crippen LogP contribution in [0.2, 0.25) is 0 Å². The van der Waals surface area contributed by atoms with Crippen LogP contribution in [0.4, 0.5) is 0 Å². The van der Waals surface area contributed by atoms with Crippen LogP contribution in [0.5, 0.6) is 0 Å². The second-order valence-corrected chi connectivity index (χ2v) is 5.07. The molecule has 1 N–H and O–H groups in total. The topological polar surface area (TPSA) is 29.5 Å². The maximum Gasteiger partial charge on any atom is 0.0643 e. The summed E-state index contributed by atoms with van der Waals surface area (Å²) >= 11 is 0. The first-order chi connectivity index (χ1) is 7.76. The largest absolute Gasteiger partial charge is 0.396 e. The predicted octanol–water partition coefficient (Wildman–Crippen LogP) is 3.08. The molecule has 0 aliphatic rings. The zero-order chi connectivity index (χ0) is 11.8. The number of rotatable bonds is 7. The SMILES string of the molecule is Cc1ccc(CCC(CCO)OPP)cc1. The van der Waals surface area contributed by atoms with Gasteiger partial charge in [0.2, 0.25) is 0 Å². The summed E-state index contributed by atoms with van der Waals surface area (Å²) in [6.45, 7) is 2.30. The van der Waals surface area contributed by atoms with Gasteiger partial charge in [-0.3, -0.25) is 0 Å². The lowest BCUT2D eigenvalue weighted by Crippen LogP contribution is -2.11. The Balaban J connectivity index is 2.38. The third-order valence-electron chi connectivity index (χ3n) is 2.56. The van der Waals surface area contributed by atoms with E-state index >= 15 is 0 Å². The molecular formula is C12H20O2P2. The van der Waals surface area contributed by atoms with Gasteiger partial charge in [0.05, 0.1) is 6.10 Å². The minimum absolute atomic E-state index is 0.183. The van der Waals surface area contributed by atoms with Gasteiger partial charge in [0.15, 0.2) is 0 Å². The Morgan fingerprint density at radius 2 is 2.00 bits per heavy atom. The molecule has 0 bridgehead atoms. The molecule has 4 heteroatoms. The van der Waals surface area contributed by atoms with Gasteiger partial charge in [-0.25, -0.2) is 0 Å². The fourth-order valence-electron chi connectivity index (χ4n) is 1.58. The van der Waals surface area contributed by atoms with Crippen molar-refractivity contribution in [1.29, 1.82) is 0 Å². The molecule has 16 heavy (non-hydrogen) atoms. The summed E-state index contributed by atoms with van der Waals surface area (Å²) in [5.41, 5.74) is 2.63. The van der Waals surface area contributed by atoms with Crippen molar-refractivity contribution < 1.29 is 9.63 Å². The first-order valence-corrected chi connectivity index (χ1v) is 8.25. The van der Waals surface area contributed by atoms with Gasteiger partial charge in [0.1, 0.15) is 0 Å². The molecule has 0 fully saturated rings. The van der Waals surface area contributed by atoms with E-state index in [0.29, 0.717) is 8.50 Å². The monoisotopic (exact) mass is 258 g/mol. The smallest absolute Gasteiger partial charge is 0.0643 e. The molecule has 0 saturated heterocycles. The second-order valence-electron chi connectivity index (χ2n) is 3.89. The third kappa shape index (κ3) is 5.37. The average molecular weight is 258 g/mol. The van der Waals surface area contributed by atoms with Crippen molar-refractivity contribution in [2.45, 2.75) is 32.3 Å². The van der Waals surface area contributed by atoms with E-state index in [2.05, 4.69) is 40.1 Å². The minimum Gasteiger partial charge on any atom is -0.396 e. The summed E-state index contributed by atoms with van der Waals surface area (Å²) in [5, 5.41) is 8.91. The van der Waals surface area contributed by atoms with Crippen LogP contribution in [0.1, 0.15) is 24.0 Å².